The first-order valence-corrected chi connectivity index (χ1v) is 12.4. The number of ether oxygens (including phenoxy) is 1. The van der Waals surface area contributed by atoms with Crippen LogP contribution in [0, 0.1) is 16.0 Å². The van der Waals surface area contributed by atoms with Crippen LogP contribution in [0.5, 0.6) is 0 Å². The number of amides is 1. The summed E-state index contributed by atoms with van der Waals surface area (Å²) in [4.78, 5) is 27.6. The molecule has 0 aliphatic carbocycles. The smallest absolute Gasteiger partial charge is 0.270 e. The van der Waals surface area contributed by atoms with Gasteiger partial charge >= 0.3 is 0 Å². The third-order valence-electron chi connectivity index (χ3n) is 5.94. The fourth-order valence-electron chi connectivity index (χ4n) is 4.55. The average molecular weight is 469 g/mol. The normalized spacial score (nSPS) is 24.5. The first-order valence-electron chi connectivity index (χ1n) is 10.9. The van der Waals surface area contributed by atoms with E-state index in [-0.39, 0.29) is 66.8 Å². The summed E-state index contributed by atoms with van der Waals surface area (Å²) in [7, 11) is -3.87. The number of piperazine rings is 1. The minimum absolute atomic E-state index is 0.00805. The van der Waals surface area contributed by atoms with Crippen molar-refractivity contribution in [1.29, 1.82) is 0 Å². The highest BCUT2D eigenvalue weighted by atomic mass is 32.2. The van der Waals surface area contributed by atoms with Crippen LogP contribution in [0.2, 0.25) is 0 Å². The first kappa shape index (κ1) is 24.6. The van der Waals surface area contributed by atoms with Crippen LogP contribution >= 0.6 is 0 Å². The SMILES string of the molecule is CC1CN(C(C(=O)N2CCN(S(=O)(=O)c3cccc([N+](=O)[O-])c3)CC2)C(C)C)CC(C)O1. The maximum Gasteiger partial charge on any atom is 0.270 e. The molecule has 0 bridgehead atoms. The number of carbonyl (C=O) groups excluding carboxylic acids is 1. The van der Waals surface area contributed by atoms with Crippen molar-refractivity contribution in [2.45, 2.75) is 50.8 Å². The summed E-state index contributed by atoms with van der Waals surface area (Å²) < 4.78 is 33.1. The Hall–Kier alpha value is -2.08. The fraction of sp³-hybridized carbons (Fsp3) is 0.667. The lowest BCUT2D eigenvalue weighted by Gasteiger charge is -2.43. The van der Waals surface area contributed by atoms with Crippen molar-refractivity contribution in [2.24, 2.45) is 5.92 Å². The minimum Gasteiger partial charge on any atom is -0.373 e. The van der Waals surface area contributed by atoms with E-state index in [4.69, 9.17) is 4.74 Å². The number of sulfonamides is 1. The van der Waals surface area contributed by atoms with Gasteiger partial charge in [-0.15, -0.1) is 0 Å². The molecule has 0 radical (unpaired) electrons. The van der Waals surface area contributed by atoms with E-state index in [1.165, 1.54) is 22.5 Å². The van der Waals surface area contributed by atoms with Crippen LogP contribution in [0.3, 0.4) is 0 Å². The highest BCUT2D eigenvalue weighted by molar-refractivity contribution is 7.89. The number of rotatable bonds is 6. The number of non-ortho nitro benzene ring substituents is 1. The minimum atomic E-state index is -3.87. The summed E-state index contributed by atoms with van der Waals surface area (Å²) in [5.74, 6) is 0.111. The molecule has 0 saturated carbocycles. The van der Waals surface area contributed by atoms with Gasteiger partial charge in [0.2, 0.25) is 15.9 Å². The summed E-state index contributed by atoms with van der Waals surface area (Å²) >= 11 is 0. The molecule has 1 amide bonds. The molecule has 2 heterocycles. The average Bonchev–Trinajstić information content (AvgIpc) is 2.73. The Morgan fingerprint density at radius 1 is 1.12 bits per heavy atom. The lowest BCUT2D eigenvalue weighted by molar-refractivity contribution is -0.385. The van der Waals surface area contributed by atoms with Crippen LogP contribution in [0.15, 0.2) is 29.2 Å². The molecule has 0 spiro atoms. The lowest BCUT2D eigenvalue weighted by atomic mass is 9.98. The Labute approximate surface area is 189 Å². The largest absolute Gasteiger partial charge is 0.373 e. The van der Waals surface area contributed by atoms with Gasteiger partial charge in [0.15, 0.2) is 0 Å². The van der Waals surface area contributed by atoms with Crippen LogP contribution in [-0.2, 0) is 19.6 Å². The van der Waals surface area contributed by atoms with Gasteiger partial charge in [-0.2, -0.15) is 4.31 Å². The van der Waals surface area contributed by atoms with Crippen LogP contribution in [0.1, 0.15) is 27.7 Å². The van der Waals surface area contributed by atoms with Crippen molar-refractivity contribution >= 4 is 21.6 Å². The molecule has 3 atom stereocenters. The fourth-order valence-corrected chi connectivity index (χ4v) is 6.01. The number of morpholine rings is 1. The Balaban J connectivity index is 1.69. The van der Waals surface area contributed by atoms with Gasteiger partial charge in [-0.1, -0.05) is 19.9 Å². The van der Waals surface area contributed by atoms with Crippen molar-refractivity contribution in [3.8, 4) is 0 Å². The zero-order valence-corrected chi connectivity index (χ0v) is 19.8. The molecule has 2 saturated heterocycles. The molecule has 32 heavy (non-hydrogen) atoms. The predicted molar refractivity (Wildman–Crippen MR) is 119 cm³/mol. The summed E-state index contributed by atoms with van der Waals surface area (Å²) in [6.45, 7) is 10.3. The quantitative estimate of drug-likeness (QED) is 0.460. The van der Waals surface area contributed by atoms with Gasteiger partial charge in [0.1, 0.15) is 0 Å². The molecule has 3 rings (SSSR count). The second-order valence-corrected chi connectivity index (χ2v) is 10.8. The molecule has 10 nitrogen and oxygen atoms in total. The Bertz CT molecular complexity index is 935. The molecular weight excluding hydrogens is 436 g/mol. The summed E-state index contributed by atoms with van der Waals surface area (Å²) in [6, 6.07) is 4.76. The second-order valence-electron chi connectivity index (χ2n) is 8.88. The molecule has 3 unspecified atom stereocenters. The second kappa shape index (κ2) is 9.82. The van der Waals surface area contributed by atoms with E-state index >= 15 is 0 Å². The van der Waals surface area contributed by atoms with E-state index < -0.39 is 14.9 Å². The van der Waals surface area contributed by atoms with E-state index in [9.17, 15) is 23.3 Å². The van der Waals surface area contributed by atoms with Gasteiger partial charge in [0.25, 0.3) is 5.69 Å². The first-order chi connectivity index (χ1) is 15.0. The molecule has 0 aromatic heterocycles. The van der Waals surface area contributed by atoms with Crippen LogP contribution in [0.25, 0.3) is 0 Å². The molecule has 11 heteroatoms. The Kier molecular flexibility index (Phi) is 7.53. The van der Waals surface area contributed by atoms with Crippen molar-refractivity contribution in [1.82, 2.24) is 14.1 Å². The van der Waals surface area contributed by atoms with Crippen molar-refractivity contribution in [2.75, 3.05) is 39.3 Å². The van der Waals surface area contributed by atoms with E-state index in [2.05, 4.69) is 4.90 Å². The van der Waals surface area contributed by atoms with E-state index in [1.807, 2.05) is 27.7 Å². The highest BCUT2D eigenvalue weighted by Crippen LogP contribution is 2.24. The third-order valence-corrected chi connectivity index (χ3v) is 7.84. The van der Waals surface area contributed by atoms with Gasteiger partial charge in [-0.25, -0.2) is 8.42 Å². The van der Waals surface area contributed by atoms with E-state index in [0.717, 1.165) is 6.07 Å². The standard InChI is InChI=1S/C21H32N4O6S/c1-15(2)20(23-13-16(3)31-17(4)14-23)21(26)22-8-10-24(11-9-22)32(29,30)19-7-5-6-18(12-19)25(27)28/h5-7,12,15-17,20H,8-11,13-14H2,1-4H3. The van der Waals surface area contributed by atoms with Gasteiger partial charge < -0.3 is 9.64 Å². The van der Waals surface area contributed by atoms with Crippen LogP contribution < -0.4 is 0 Å². The van der Waals surface area contributed by atoms with E-state index in [1.54, 1.807) is 4.90 Å². The molecule has 2 fully saturated rings. The van der Waals surface area contributed by atoms with Gasteiger partial charge in [-0.05, 0) is 25.8 Å². The maximum absolute atomic E-state index is 13.4. The number of nitro benzene ring substituents is 1. The number of nitrogens with zero attached hydrogens (tertiary/aromatic N) is 4. The number of carbonyl (C=O) groups is 1. The third kappa shape index (κ3) is 5.28. The van der Waals surface area contributed by atoms with Gasteiger partial charge in [0.05, 0.1) is 28.1 Å². The molecular formula is C21H32N4O6S. The monoisotopic (exact) mass is 468 g/mol. The zero-order chi connectivity index (χ0) is 23.6. The summed E-state index contributed by atoms with van der Waals surface area (Å²) in [5, 5.41) is 11.0. The van der Waals surface area contributed by atoms with Gasteiger partial charge in [0, 0.05) is 51.4 Å². The number of hydrogen-bond acceptors (Lipinski definition) is 7. The Morgan fingerprint density at radius 2 is 1.72 bits per heavy atom. The lowest BCUT2D eigenvalue weighted by Crippen LogP contribution is -2.60. The van der Waals surface area contributed by atoms with Crippen molar-refractivity contribution in [3.63, 3.8) is 0 Å². The molecule has 0 N–H and O–H groups in total. The molecule has 1 aromatic rings. The molecule has 1 aromatic carbocycles. The van der Waals surface area contributed by atoms with Crippen LogP contribution in [0.4, 0.5) is 5.69 Å². The Morgan fingerprint density at radius 3 is 2.25 bits per heavy atom. The summed E-state index contributed by atoms with van der Waals surface area (Å²) in [6.07, 6.45) is 0.0921. The van der Waals surface area contributed by atoms with Crippen molar-refractivity contribution in [3.05, 3.63) is 34.4 Å². The molecule has 2 aliphatic heterocycles. The zero-order valence-electron chi connectivity index (χ0n) is 19.0. The van der Waals surface area contributed by atoms with Crippen molar-refractivity contribution < 1.29 is 22.9 Å². The number of nitro groups is 1. The molecule has 178 valence electrons. The summed E-state index contributed by atoms with van der Waals surface area (Å²) in [5.41, 5.74) is -0.270. The molecule has 2 aliphatic rings. The maximum atomic E-state index is 13.4. The van der Waals surface area contributed by atoms with E-state index in [0.29, 0.717) is 13.1 Å². The number of benzene rings is 1. The van der Waals surface area contributed by atoms with Crippen LogP contribution in [-0.4, -0.2) is 90.9 Å². The predicted octanol–water partition coefficient (Wildman–Crippen LogP) is 1.56. The number of hydrogen-bond donors (Lipinski definition) is 0. The highest BCUT2D eigenvalue weighted by Gasteiger charge is 2.38. The van der Waals surface area contributed by atoms with Gasteiger partial charge in [-0.3, -0.25) is 19.8 Å². The topological polar surface area (TPSA) is 113 Å².